The number of nitrogens with two attached hydrogens (primary N) is 1. The van der Waals surface area contributed by atoms with Gasteiger partial charge in [-0.2, -0.15) is 0 Å². The third-order valence-corrected chi connectivity index (χ3v) is 25.3. The number of aliphatic imine (C=N–C) groups is 2. The first-order chi connectivity index (χ1) is 57.3. The van der Waals surface area contributed by atoms with Crippen molar-refractivity contribution in [2.75, 3.05) is 0 Å². The first kappa shape index (κ1) is 67.2. The lowest BCUT2D eigenvalue weighted by atomic mass is 9.63. The van der Waals surface area contributed by atoms with E-state index in [0.29, 0.717) is 35.6 Å². The minimum absolute atomic E-state index is 0.00689. The molecule has 2 spiro atoms. The zero-order chi connectivity index (χ0) is 76.9. The van der Waals surface area contributed by atoms with Crippen LogP contribution in [-0.2, 0) is 10.8 Å². The van der Waals surface area contributed by atoms with Crippen LogP contribution in [0.3, 0.4) is 0 Å². The van der Waals surface area contributed by atoms with E-state index in [1.54, 1.807) is 0 Å². The average Bonchev–Trinajstić information content (AvgIpc) is 1.50. The van der Waals surface area contributed by atoms with E-state index in [-0.39, 0.29) is 5.92 Å². The van der Waals surface area contributed by atoms with E-state index < -0.39 is 16.9 Å². The van der Waals surface area contributed by atoms with Crippen LogP contribution in [0.25, 0.3) is 121 Å². The van der Waals surface area contributed by atoms with Gasteiger partial charge in [-0.3, -0.25) is 9.98 Å². The molecule has 23 rings (SSSR count). The summed E-state index contributed by atoms with van der Waals surface area (Å²) < 4.78 is 14.4. The number of allylic oxidation sites excluding steroid dienone is 6. The van der Waals surface area contributed by atoms with Crippen molar-refractivity contribution in [3.05, 3.63) is 424 Å². The van der Waals surface area contributed by atoms with Gasteiger partial charge in [0.15, 0.2) is 23.3 Å². The molecule has 17 aromatic rings. The molecule has 2 N–H and O–H groups in total. The van der Waals surface area contributed by atoms with Gasteiger partial charge in [0.2, 0.25) is 0 Å². The van der Waals surface area contributed by atoms with Crippen molar-refractivity contribution in [2.45, 2.75) is 50.0 Å². The molecule has 2 atom stereocenters. The molecule has 1 unspecified atom stereocenters. The Balaban J connectivity index is 0.651. The summed E-state index contributed by atoms with van der Waals surface area (Å²) in [6.07, 6.45) is 10.8. The summed E-state index contributed by atoms with van der Waals surface area (Å²) >= 11 is 0. The Morgan fingerprint density at radius 3 is 1.61 bits per heavy atom. The number of fused-ring (bicyclic) bond motifs is 26. The van der Waals surface area contributed by atoms with Crippen LogP contribution < -0.4 is 15.2 Å². The number of hydrogen-bond acceptors (Lipinski definition) is 7. The first-order valence-corrected chi connectivity index (χ1v) is 40.2. The second kappa shape index (κ2) is 26.3. The topological polar surface area (TPSA) is 121 Å². The van der Waals surface area contributed by atoms with Crippen LogP contribution in [0.1, 0.15) is 101 Å². The van der Waals surface area contributed by atoms with E-state index in [2.05, 4.69) is 329 Å². The molecule has 2 aliphatic heterocycles. The van der Waals surface area contributed by atoms with Gasteiger partial charge in [-0.25, -0.2) is 19.9 Å². The number of hydrogen-bond donors (Lipinski definition) is 1. The van der Waals surface area contributed by atoms with Gasteiger partial charge < -0.3 is 15.2 Å². The Morgan fingerprint density at radius 2 is 0.940 bits per heavy atom. The van der Waals surface area contributed by atoms with Crippen LogP contribution >= 0.6 is 0 Å². The number of para-hydroxylation sites is 3. The maximum atomic E-state index is 7.68. The summed E-state index contributed by atoms with van der Waals surface area (Å²) in [7, 11) is 0. The van der Waals surface area contributed by atoms with Gasteiger partial charge in [0.1, 0.15) is 28.8 Å². The van der Waals surface area contributed by atoms with Crippen molar-refractivity contribution < 1.29 is 9.47 Å². The van der Waals surface area contributed by atoms with E-state index in [9.17, 15) is 0 Å². The molecular formula is C107H73N7O2. The van der Waals surface area contributed by atoms with Crippen LogP contribution in [-0.4, -0.2) is 31.6 Å². The summed E-state index contributed by atoms with van der Waals surface area (Å²) in [5.41, 5.74) is 31.3. The molecule has 0 radical (unpaired) electrons. The van der Waals surface area contributed by atoms with Gasteiger partial charge in [-0.15, -0.1) is 0 Å². The minimum Gasteiger partial charge on any atom is -0.456 e. The zero-order valence-electron chi connectivity index (χ0n) is 63.8. The highest BCUT2D eigenvalue weighted by Crippen LogP contribution is 2.65. The molecule has 9 nitrogen and oxygen atoms in total. The van der Waals surface area contributed by atoms with Crippen molar-refractivity contribution >= 4 is 76.8 Å². The summed E-state index contributed by atoms with van der Waals surface area (Å²) in [5, 5.41) is 10.6. The van der Waals surface area contributed by atoms with Crippen molar-refractivity contribution in [1.82, 2.24) is 19.9 Å². The summed E-state index contributed by atoms with van der Waals surface area (Å²) in [5.74, 6) is 5.64. The van der Waals surface area contributed by atoms with Crippen LogP contribution in [0.2, 0.25) is 0 Å². The number of ether oxygens (including phenoxy) is 2. The predicted molar refractivity (Wildman–Crippen MR) is 471 cm³/mol. The fraction of sp³-hybridized carbons (Fsp3) is 0.0841. The zero-order valence-corrected chi connectivity index (χ0v) is 63.8. The normalized spacial score (nSPS) is 16.2. The van der Waals surface area contributed by atoms with Gasteiger partial charge in [-0.05, 0) is 190 Å². The molecule has 15 aromatic carbocycles. The molecule has 0 saturated carbocycles. The lowest BCUT2D eigenvalue weighted by Crippen LogP contribution is -2.37. The second-order valence-corrected chi connectivity index (χ2v) is 31.4. The highest BCUT2D eigenvalue weighted by Gasteiger charge is 2.54. The largest absolute Gasteiger partial charge is 0.456 e. The SMILES string of the molecule is CC1CC(c2nc(-c3ccccc3)nc(-c3cccc4c3Oc3ccccc3C43c4ccccc4-c4ccccc43)n2)=CC=C1c1cc2c([C@H](C)N=C(N=C(N)C3=CCCC4=C3Oc3ccccc3C43c4ccccc4-c4ccccc43)c3ccc(-c4ccc5c6ccccc6c6ccccc6c5c4)cc3)cccc2c2cccnc12. The van der Waals surface area contributed by atoms with Gasteiger partial charge in [-0.1, -0.05) is 310 Å². The third-order valence-electron chi connectivity index (χ3n) is 25.3. The van der Waals surface area contributed by atoms with Crippen molar-refractivity contribution in [3.8, 4) is 73.4 Å². The van der Waals surface area contributed by atoms with Gasteiger partial charge in [0, 0.05) is 45.0 Å². The molecule has 0 saturated heterocycles. The van der Waals surface area contributed by atoms with E-state index in [1.165, 1.54) is 82.4 Å². The Morgan fingerprint density at radius 1 is 0.422 bits per heavy atom. The molecule has 0 bridgehead atoms. The number of aromatic nitrogens is 4. The lowest BCUT2D eigenvalue weighted by Gasteiger charge is -2.42. The number of nitrogens with zero attached hydrogens (tertiary/aromatic N) is 6. The molecule has 6 aliphatic rings. The molecule has 0 amide bonds. The van der Waals surface area contributed by atoms with Crippen LogP contribution in [0.4, 0.5) is 0 Å². The Hall–Kier alpha value is -14.5. The number of amidine groups is 2. The summed E-state index contributed by atoms with van der Waals surface area (Å²) in [6.45, 7) is 4.48. The number of rotatable bonds is 9. The van der Waals surface area contributed by atoms with E-state index in [0.717, 1.165) is 130 Å². The van der Waals surface area contributed by atoms with Gasteiger partial charge in [0.05, 0.1) is 33.5 Å². The van der Waals surface area contributed by atoms with Crippen LogP contribution in [0.15, 0.2) is 373 Å². The maximum absolute atomic E-state index is 7.68. The Bertz CT molecular complexity index is 7180. The highest BCUT2D eigenvalue weighted by atomic mass is 16.5. The molecule has 548 valence electrons. The maximum Gasteiger partial charge on any atom is 0.167 e. The Labute approximate surface area is 671 Å². The predicted octanol–water partition coefficient (Wildman–Crippen LogP) is 25.3. The Kier molecular flexibility index (Phi) is 15.2. The molecule has 2 aromatic heterocycles. The standard InChI is InChI=1S/C107H73N7O2/c1-63-60-69(104-112-103(66-26-4-3-5-27-66)113-105(114-104)84-39-24-48-95-100(84)116-97-50-21-19-46-93(97)107(95)90-43-16-12-34-80(90)81-35-13-17-44-91(81)107)56-57-70(63)87-62-86-71(36-22-37-76(86)82-40-25-59-109-98(82)87)64(2)110-102(67-53-51-65(52-54-67)68-55-58-77-74-30-7-6-28-72(74)73-29-8-9-31-75(73)85(77)61-68)111-101(108)83-38-23-47-94-99(83)115-96-49-20-18-45-92(96)106(94)88-41-14-10-32-78(88)79-33-11-15-42-89(79)106/h3-22,24-46,48-59,61-64H,23,47,60H2,1-2H3,(H2,108,110,111)/t63?,64-/m0/s1. The fourth-order valence-electron chi connectivity index (χ4n) is 20.3. The number of pyridine rings is 1. The molecule has 116 heavy (non-hydrogen) atoms. The molecule has 4 heterocycles. The monoisotopic (exact) mass is 1490 g/mol. The highest BCUT2D eigenvalue weighted by molar-refractivity contribution is 6.26. The molecule has 4 aliphatic carbocycles. The average molecular weight is 1490 g/mol. The third kappa shape index (κ3) is 10.0. The van der Waals surface area contributed by atoms with E-state index in [1.807, 2.05) is 30.5 Å². The first-order valence-electron chi connectivity index (χ1n) is 40.2. The lowest BCUT2D eigenvalue weighted by molar-refractivity contribution is 0.384. The van der Waals surface area contributed by atoms with Gasteiger partial charge in [0.25, 0.3) is 0 Å². The summed E-state index contributed by atoms with van der Waals surface area (Å²) in [6, 6.07) is 115. The molecular weight excluding hydrogens is 1420 g/mol. The fourth-order valence-corrected chi connectivity index (χ4v) is 20.3. The minimum atomic E-state index is -0.659. The number of benzene rings is 15. The summed E-state index contributed by atoms with van der Waals surface area (Å²) in [4.78, 5) is 32.8. The second-order valence-electron chi connectivity index (χ2n) is 31.4. The smallest absolute Gasteiger partial charge is 0.167 e. The van der Waals surface area contributed by atoms with Crippen molar-refractivity contribution in [3.63, 3.8) is 0 Å². The van der Waals surface area contributed by atoms with Gasteiger partial charge >= 0.3 is 0 Å². The molecule has 9 heteroatoms. The van der Waals surface area contributed by atoms with Crippen molar-refractivity contribution in [1.29, 1.82) is 0 Å². The molecule has 0 fully saturated rings. The quantitative estimate of drug-likeness (QED) is 0.0868. The van der Waals surface area contributed by atoms with E-state index in [4.69, 9.17) is 45.1 Å². The van der Waals surface area contributed by atoms with Crippen LogP contribution in [0.5, 0.6) is 17.2 Å². The van der Waals surface area contributed by atoms with E-state index >= 15 is 0 Å². The van der Waals surface area contributed by atoms with Crippen LogP contribution in [0, 0.1) is 5.92 Å². The van der Waals surface area contributed by atoms with Crippen molar-refractivity contribution in [2.24, 2.45) is 21.6 Å².